The summed E-state index contributed by atoms with van der Waals surface area (Å²) in [6.45, 7) is 5.28. The van der Waals surface area contributed by atoms with Gasteiger partial charge in [-0.2, -0.15) is 4.98 Å². The van der Waals surface area contributed by atoms with E-state index in [-0.39, 0.29) is 6.04 Å². The summed E-state index contributed by atoms with van der Waals surface area (Å²) < 4.78 is 5.30. The second-order valence-corrected chi connectivity index (χ2v) is 3.89. The summed E-state index contributed by atoms with van der Waals surface area (Å²) in [4.78, 5) is 8.39. The van der Waals surface area contributed by atoms with Crippen molar-refractivity contribution in [3.63, 3.8) is 0 Å². The van der Waals surface area contributed by atoms with Crippen molar-refractivity contribution in [2.24, 2.45) is 5.73 Å². The highest BCUT2D eigenvalue weighted by Gasteiger charge is 2.07. The Morgan fingerprint density at radius 2 is 2.24 bits per heavy atom. The van der Waals surface area contributed by atoms with Crippen molar-refractivity contribution in [2.75, 3.05) is 18.5 Å². The van der Waals surface area contributed by atoms with E-state index in [4.69, 9.17) is 10.5 Å². The van der Waals surface area contributed by atoms with Gasteiger partial charge in [0.15, 0.2) is 0 Å². The Balaban J connectivity index is 2.55. The molecule has 96 valence electrons. The van der Waals surface area contributed by atoms with Gasteiger partial charge in [0.05, 0.1) is 19.0 Å². The number of nitrogens with one attached hydrogen (secondary N) is 1. The van der Waals surface area contributed by atoms with Gasteiger partial charge in [-0.15, -0.1) is 0 Å². The zero-order valence-electron chi connectivity index (χ0n) is 10.6. The van der Waals surface area contributed by atoms with Crippen molar-refractivity contribution in [1.29, 1.82) is 0 Å². The van der Waals surface area contributed by atoms with E-state index in [1.807, 2.05) is 6.92 Å². The minimum atomic E-state index is 0.251. The molecule has 0 saturated heterocycles. The van der Waals surface area contributed by atoms with Crippen LogP contribution in [0.25, 0.3) is 0 Å². The van der Waals surface area contributed by atoms with Crippen molar-refractivity contribution in [3.05, 3.63) is 12.4 Å². The van der Waals surface area contributed by atoms with Crippen LogP contribution in [0.5, 0.6) is 5.88 Å². The third kappa shape index (κ3) is 4.99. The zero-order chi connectivity index (χ0) is 12.5. The lowest BCUT2D eigenvalue weighted by molar-refractivity contribution is 0.325. The molecule has 0 fully saturated rings. The molecule has 1 heterocycles. The van der Waals surface area contributed by atoms with Crippen molar-refractivity contribution in [2.45, 2.75) is 39.2 Å². The van der Waals surface area contributed by atoms with Gasteiger partial charge in [-0.1, -0.05) is 19.8 Å². The lowest BCUT2D eigenvalue weighted by atomic mass is 10.1. The first-order valence-electron chi connectivity index (χ1n) is 6.21. The van der Waals surface area contributed by atoms with Crippen LogP contribution in [-0.4, -0.2) is 29.2 Å². The minimum Gasteiger partial charge on any atom is -0.477 e. The Hall–Kier alpha value is -1.36. The molecule has 0 aliphatic carbocycles. The van der Waals surface area contributed by atoms with E-state index in [0.717, 1.165) is 18.7 Å². The fraction of sp³-hybridized carbons (Fsp3) is 0.667. The topological polar surface area (TPSA) is 73.1 Å². The molecule has 0 aliphatic rings. The monoisotopic (exact) mass is 238 g/mol. The van der Waals surface area contributed by atoms with Gasteiger partial charge in [0.1, 0.15) is 5.82 Å². The largest absolute Gasteiger partial charge is 0.477 e. The second kappa shape index (κ2) is 7.84. The van der Waals surface area contributed by atoms with Gasteiger partial charge in [-0.3, -0.25) is 4.98 Å². The minimum absolute atomic E-state index is 0.251. The van der Waals surface area contributed by atoms with E-state index in [1.54, 1.807) is 12.4 Å². The summed E-state index contributed by atoms with van der Waals surface area (Å²) in [5.74, 6) is 1.27. The molecule has 17 heavy (non-hydrogen) atoms. The maximum Gasteiger partial charge on any atom is 0.234 e. The molecule has 1 aromatic heterocycles. The highest BCUT2D eigenvalue weighted by molar-refractivity contribution is 5.34. The predicted octanol–water partition coefficient (Wildman–Crippen LogP) is 1.80. The average Bonchev–Trinajstić information content (AvgIpc) is 2.35. The maximum absolute atomic E-state index is 5.72. The molecule has 0 amide bonds. The van der Waals surface area contributed by atoms with Gasteiger partial charge >= 0.3 is 0 Å². The molecular formula is C12H22N4O. The van der Waals surface area contributed by atoms with Crippen LogP contribution in [0.1, 0.15) is 33.1 Å². The average molecular weight is 238 g/mol. The van der Waals surface area contributed by atoms with Crippen molar-refractivity contribution in [3.8, 4) is 5.88 Å². The molecule has 5 heteroatoms. The number of nitrogens with two attached hydrogens (primary N) is 1. The van der Waals surface area contributed by atoms with E-state index in [0.29, 0.717) is 19.0 Å². The van der Waals surface area contributed by atoms with Crippen LogP contribution >= 0.6 is 0 Å². The van der Waals surface area contributed by atoms with Gasteiger partial charge in [0.2, 0.25) is 5.88 Å². The number of rotatable bonds is 8. The van der Waals surface area contributed by atoms with E-state index >= 15 is 0 Å². The summed E-state index contributed by atoms with van der Waals surface area (Å²) in [7, 11) is 0. The molecule has 1 unspecified atom stereocenters. The number of unbranched alkanes of at least 4 members (excludes halogenated alkanes) is 1. The van der Waals surface area contributed by atoms with E-state index in [9.17, 15) is 0 Å². The molecule has 0 bridgehead atoms. The highest BCUT2D eigenvalue weighted by atomic mass is 16.5. The number of hydrogen-bond acceptors (Lipinski definition) is 5. The summed E-state index contributed by atoms with van der Waals surface area (Å²) in [6.07, 6.45) is 6.68. The van der Waals surface area contributed by atoms with E-state index in [1.165, 1.54) is 6.42 Å². The number of anilines is 1. The Morgan fingerprint density at radius 3 is 2.88 bits per heavy atom. The Labute approximate surface area is 103 Å². The molecule has 0 saturated carbocycles. The third-order valence-corrected chi connectivity index (χ3v) is 2.45. The number of hydrogen-bond donors (Lipinski definition) is 2. The van der Waals surface area contributed by atoms with Crippen LogP contribution in [0.2, 0.25) is 0 Å². The van der Waals surface area contributed by atoms with Gasteiger partial charge in [0, 0.05) is 12.6 Å². The molecule has 1 aromatic rings. The normalized spacial score (nSPS) is 12.2. The number of ether oxygens (including phenoxy) is 1. The molecule has 0 aliphatic heterocycles. The quantitative estimate of drug-likeness (QED) is 0.722. The van der Waals surface area contributed by atoms with Crippen LogP contribution in [0.4, 0.5) is 5.82 Å². The van der Waals surface area contributed by atoms with E-state index < -0.39 is 0 Å². The molecular weight excluding hydrogens is 216 g/mol. The van der Waals surface area contributed by atoms with Gasteiger partial charge < -0.3 is 15.8 Å². The molecule has 1 atom stereocenters. The Bertz CT molecular complexity index is 319. The van der Waals surface area contributed by atoms with E-state index in [2.05, 4.69) is 22.2 Å². The molecule has 1 rings (SSSR count). The smallest absolute Gasteiger partial charge is 0.234 e. The third-order valence-electron chi connectivity index (χ3n) is 2.45. The van der Waals surface area contributed by atoms with Crippen LogP contribution in [0.3, 0.4) is 0 Å². The highest BCUT2D eigenvalue weighted by Crippen LogP contribution is 2.11. The molecule has 0 radical (unpaired) electrons. The van der Waals surface area contributed by atoms with Crippen LogP contribution in [0, 0.1) is 0 Å². The summed E-state index contributed by atoms with van der Waals surface area (Å²) in [6, 6.07) is 0.251. The fourth-order valence-electron chi connectivity index (χ4n) is 1.54. The Kier molecular flexibility index (Phi) is 6.32. The first-order chi connectivity index (χ1) is 8.30. The molecule has 5 nitrogen and oxygen atoms in total. The number of nitrogens with zero attached hydrogens (tertiary/aromatic N) is 2. The van der Waals surface area contributed by atoms with Crippen LogP contribution in [0.15, 0.2) is 12.4 Å². The SMILES string of the molecule is CCCCC(CN)Nc1cncc(OCC)n1. The summed E-state index contributed by atoms with van der Waals surface area (Å²) in [5, 5.41) is 3.28. The summed E-state index contributed by atoms with van der Waals surface area (Å²) >= 11 is 0. The van der Waals surface area contributed by atoms with Crippen LogP contribution < -0.4 is 15.8 Å². The van der Waals surface area contributed by atoms with Gasteiger partial charge in [-0.05, 0) is 13.3 Å². The zero-order valence-corrected chi connectivity index (χ0v) is 10.6. The van der Waals surface area contributed by atoms with Gasteiger partial charge in [-0.25, -0.2) is 0 Å². The fourth-order valence-corrected chi connectivity index (χ4v) is 1.54. The maximum atomic E-state index is 5.72. The lowest BCUT2D eigenvalue weighted by Gasteiger charge is -2.17. The Morgan fingerprint density at radius 1 is 1.41 bits per heavy atom. The lowest BCUT2D eigenvalue weighted by Crippen LogP contribution is -2.29. The molecule has 0 aromatic carbocycles. The van der Waals surface area contributed by atoms with Crippen LogP contribution in [-0.2, 0) is 0 Å². The van der Waals surface area contributed by atoms with Crippen molar-refractivity contribution < 1.29 is 4.74 Å². The second-order valence-electron chi connectivity index (χ2n) is 3.89. The first-order valence-corrected chi connectivity index (χ1v) is 6.21. The number of aromatic nitrogens is 2. The van der Waals surface area contributed by atoms with Gasteiger partial charge in [0.25, 0.3) is 0 Å². The standard InChI is InChI=1S/C12H22N4O/c1-3-5-6-10(7-13)15-11-8-14-9-12(16-11)17-4-2/h8-10H,3-7,13H2,1-2H3,(H,15,16). The molecule has 3 N–H and O–H groups in total. The molecule has 0 spiro atoms. The summed E-state index contributed by atoms with van der Waals surface area (Å²) in [5.41, 5.74) is 5.72. The van der Waals surface area contributed by atoms with Crippen molar-refractivity contribution in [1.82, 2.24) is 9.97 Å². The first kappa shape index (κ1) is 13.7. The van der Waals surface area contributed by atoms with Crippen molar-refractivity contribution >= 4 is 5.82 Å². The predicted molar refractivity (Wildman–Crippen MR) is 69.2 cm³/mol.